The molecule has 0 amide bonds. The minimum atomic E-state index is -0.104. The molecule has 0 radical (unpaired) electrons. The average Bonchev–Trinajstić information content (AvgIpc) is 4.15. The zero-order chi connectivity index (χ0) is 52.9. The fourth-order valence-electron chi connectivity index (χ4n) is 14.0. The van der Waals surface area contributed by atoms with Gasteiger partial charge in [0.15, 0.2) is 0 Å². The van der Waals surface area contributed by atoms with Gasteiger partial charge < -0.3 is 13.5 Å². The van der Waals surface area contributed by atoms with Crippen molar-refractivity contribution in [2.45, 2.75) is 157 Å². The molecule has 7 heterocycles. The van der Waals surface area contributed by atoms with Gasteiger partial charge in [-0.1, -0.05) is 179 Å². The Bertz CT molecular complexity index is 3970. The summed E-state index contributed by atoms with van der Waals surface area (Å²) in [4.78, 5) is 0. The molecule has 75 heavy (non-hydrogen) atoms. The number of hydrogen-bond donors (Lipinski definition) is 0. The van der Waals surface area contributed by atoms with E-state index >= 15 is 0 Å². The predicted molar refractivity (Wildman–Crippen MR) is 327 cm³/mol. The summed E-state index contributed by atoms with van der Waals surface area (Å²) in [5, 5.41) is 5.47. The smallest absolute Gasteiger partial charge is 0.330 e. The van der Waals surface area contributed by atoms with Crippen molar-refractivity contribution >= 4 is 79.2 Å². The minimum absolute atomic E-state index is 0.0466. The molecular weight excluding hydrogens is 904 g/mol. The van der Waals surface area contributed by atoms with Crippen molar-refractivity contribution < 1.29 is 0 Å². The van der Waals surface area contributed by atoms with Crippen LogP contribution in [0, 0.1) is 0 Å². The van der Waals surface area contributed by atoms with Crippen molar-refractivity contribution in [2.24, 2.45) is 0 Å². The van der Waals surface area contributed by atoms with Crippen LogP contribution in [0.5, 0.6) is 0 Å². The number of rotatable bonds is 1. The van der Waals surface area contributed by atoms with Crippen LogP contribution in [0.1, 0.15) is 158 Å². The van der Waals surface area contributed by atoms with E-state index in [1.165, 1.54) is 149 Å². The Balaban J connectivity index is 1.28. The second kappa shape index (κ2) is 14.3. The van der Waals surface area contributed by atoms with Crippen molar-refractivity contribution in [3.8, 4) is 50.5 Å². The first-order chi connectivity index (χ1) is 35.0. The third kappa shape index (κ3) is 6.25. The lowest BCUT2D eigenvalue weighted by molar-refractivity contribution is 0.590. The molecule has 3 nitrogen and oxygen atoms in total. The lowest BCUT2D eigenvalue weighted by Crippen LogP contribution is -2.65. The molecule has 0 bridgehead atoms. The van der Waals surface area contributed by atoms with Gasteiger partial charge >= 0.3 is 13.7 Å². The van der Waals surface area contributed by atoms with Gasteiger partial charge in [0, 0.05) is 71.6 Å². The van der Waals surface area contributed by atoms with E-state index in [9.17, 15) is 0 Å². The molecule has 374 valence electrons. The van der Waals surface area contributed by atoms with Crippen molar-refractivity contribution in [3.63, 3.8) is 0 Å². The fourth-order valence-corrected chi connectivity index (χ4v) is 14.0. The van der Waals surface area contributed by atoms with Gasteiger partial charge in [-0.3, -0.25) is 0 Å². The number of nitrogens with zero attached hydrogens (tertiary/aromatic N) is 3. The first-order valence-electron chi connectivity index (χ1n) is 28.0. The van der Waals surface area contributed by atoms with Gasteiger partial charge in [0.1, 0.15) is 0 Å². The Morgan fingerprint density at radius 3 is 0.920 bits per heavy atom. The van der Waals surface area contributed by atoms with Crippen LogP contribution in [-0.2, 0) is 32.5 Å². The summed E-state index contributed by atoms with van der Waals surface area (Å²) in [6, 6.07) is 47.3. The van der Waals surface area contributed by atoms with E-state index in [0.29, 0.717) is 0 Å². The number of fused-ring (bicyclic) bond motifs is 15. The number of hydrogen-bond acceptors (Lipinski definition) is 0. The normalized spacial score (nSPS) is 14.7. The molecule has 0 fully saturated rings. The van der Waals surface area contributed by atoms with Gasteiger partial charge in [-0.15, -0.1) is 0 Å². The Hall–Kier alpha value is -6.45. The molecule has 0 aliphatic carbocycles. The molecule has 0 spiro atoms. The topological polar surface area (TPSA) is 14.8 Å². The van der Waals surface area contributed by atoms with Gasteiger partial charge in [-0.25, -0.2) is 0 Å². The van der Waals surface area contributed by atoms with Crippen LogP contribution in [0.2, 0.25) is 0 Å². The van der Waals surface area contributed by atoms with Gasteiger partial charge in [0.05, 0.1) is 11.4 Å². The molecule has 4 aliphatic rings. The van der Waals surface area contributed by atoms with Gasteiger partial charge in [-0.2, -0.15) is 0 Å². The second-order valence-electron chi connectivity index (χ2n) is 29.5. The van der Waals surface area contributed by atoms with Gasteiger partial charge in [-0.05, 0) is 160 Å². The zero-order valence-electron chi connectivity index (χ0n) is 48.0. The van der Waals surface area contributed by atoms with Crippen molar-refractivity contribution in [1.82, 2.24) is 13.5 Å². The Labute approximate surface area is 446 Å². The lowest BCUT2D eigenvalue weighted by Gasteiger charge is -2.37. The maximum atomic E-state index is 2.86. The average molecular weight is 978 g/mol. The third-order valence-electron chi connectivity index (χ3n) is 18.3. The maximum Gasteiger partial charge on any atom is 0.330 e. The molecular formula is C70H73B2N3. The second-order valence-corrected chi connectivity index (χ2v) is 29.5. The summed E-state index contributed by atoms with van der Waals surface area (Å²) in [5.74, 6) is 0. The van der Waals surface area contributed by atoms with Crippen molar-refractivity contribution in [2.75, 3.05) is 0 Å². The Morgan fingerprint density at radius 2 is 0.600 bits per heavy atom. The molecule has 5 heteroatoms. The standard InChI is InChI=1S/C70H73B2N3/c1-65(2,3)38-24-26-45-47-28-40(67(7,8)9)30-49-51-32-42(69(13,14)15)34-53-61(51)74(59(47)49)71(55(45)36-38)57-58-64(73(63(53)57)44-22-20-19-21-23-44)54-35-43(70(16,17)18)33-52-50-31-41(68(10,11)12)29-48-46-27-25-39(66(4,5)6)37-56(46)72(58)75(60(48)50)62(52)54/h19-37H,1-18H3. The lowest BCUT2D eigenvalue weighted by atomic mass is 9.37. The monoisotopic (exact) mass is 978 g/mol. The maximum absolute atomic E-state index is 2.86. The summed E-state index contributed by atoms with van der Waals surface area (Å²) in [5.41, 5.74) is 31.0. The molecule has 10 aromatic rings. The van der Waals surface area contributed by atoms with Crippen LogP contribution in [0.3, 0.4) is 0 Å². The highest BCUT2D eigenvalue weighted by atomic mass is 15.1. The van der Waals surface area contributed by atoms with E-state index in [-0.39, 0.29) is 46.2 Å². The molecule has 0 saturated carbocycles. The molecule has 0 atom stereocenters. The van der Waals surface area contributed by atoms with Gasteiger partial charge in [0.2, 0.25) is 0 Å². The van der Waals surface area contributed by atoms with Crippen LogP contribution >= 0.6 is 0 Å². The predicted octanol–water partition coefficient (Wildman–Crippen LogP) is 15.7. The molecule has 14 rings (SSSR count). The van der Waals surface area contributed by atoms with E-state index < -0.39 is 0 Å². The summed E-state index contributed by atoms with van der Waals surface area (Å²) >= 11 is 0. The number of benzene rings is 7. The zero-order valence-corrected chi connectivity index (χ0v) is 48.0. The third-order valence-corrected chi connectivity index (χ3v) is 18.3. The molecule has 4 aliphatic heterocycles. The van der Waals surface area contributed by atoms with E-state index in [2.05, 4.69) is 253 Å². The minimum Gasteiger partial charge on any atom is -0.375 e. The number of aromatic nitrogens is 3. The summed E-state index contributed by atoms with van der Waals surface area (Å²) in [6.45, 7) is 42.9. The summed E-state index contributed by atoms with van der Waals surface area (Å²) < 4.78 is 8.51. The highest BCUT2D eigenvalue weighted by Gasteiger charge is 2.51. The van der Waals surface area contributed by atoms with Crippen LogP contribution in [0.15, 0.2) is 115 Å². The fraction of sp³-hybridized carbons (Fsp3) is 0.343. The van der Waals surface area contributed by atoms with Crippen LogP contribution in [0.25, 0.3) is 94.1 Å². The van der Waals surface area contributed by atoms with E-state index in [0.717, 1.165) is 0 Å². The van der Waals surface area contributed by atoms with Crippen LogP contribution < -0.4 is 21.9 Å². The summed E-state index contributed by atoms with van der Waals surface area (Å²) in [7, 11) is 0. The van der Waals surface area contributed by atoms with E-state index in [1.54, 1.807) is 0 Å². The molecule has 0 N–H and O–H groups in total. The molecule has 3 aromatic heterocycles. The van der Waals surface area contributed by atoms with Crippen LogP contribution in [0.4, 0.5) is 0 Å². The van der Waals surface area contributed by atoms with Crippen LogP contribution in [-0.4, -0.2) is 27.2 Å². The van der Waals surface area contributed by atoms with E-state index in [4.69, 9.17) is 0 Å². The molecule has 0 saturated heterocycles. The van der Waals surface area contributed by atoms with Crippen molar-refractivity contribution in [1.29, 1.82) is 0 Å². The molecule has 0 unspecified atom stereocenters. The highest BCUT2D eigenvalue weighted by Crippen LogP contribution is 2.53. The largest absolute Gasteiger partial charge is 0.375 e. The first-order valence-corrected chi connectivity index (χ1v) is 28.0. The van der Waals surface area contributed by atoms with E-state index in [1.807, 2.05) is 0 Å². The Morgan fingerprint density at radius 1 is 0.293 bits per heavy atom. The Kier molecular flexibility index (Phi) is 8.98. The van der Waals surface area contributed by atoms with Crippen molar-refractivity contribution in [3.05, 3.63) is 149 Å². The quantitative estimate of drug-likeness (QED) is 0.146. The SMILES string of the molecule is CC(C)(C)c1ccc2c(c1)B1c3c4c(n(-c5ccccc5)c3-c3cc(C(C)(C)C)cc5c6cc(C(C)(C)C)cc-2c6n1c35)-c1cc(C(C)(C)C)cc2c3cc(C(C)(C)C)cc5c3n(c12)B4c1cc(C(C)(C)C)ccc1-5. The molecule has 7 aromatic carbocycles. The first kappa shape index (κ1) is 47.0. The summed E-state index contributed by atoms with van der Waals surface area (Å²) in [6.07, 6.45) is 0. The number of para-hydroxylation sites is 1. The van der Waals surface area contributed by atoms with Gasteiger partial charge in [0.25, 0.3) is 0 Å². The highest BCUT2D eigenvalue weighted by molar-refractivity contribution is 6.98.